The Bertz CT molecular complexity index is 113. The molecule has 4 nitrogen and oxygen atoms in total. The van der Waals surface area contributed by atoms with Crippen LogP contribution in [0.2, 0.25) is 0 Å². The van der Waals surface area contributed by atoms with Gasteiger partial charge in [0.1, 0.15) is 0 Å². The molecule has 4 N–H and O–H groups in total. The maximum Gasteiger partial charge on any atom is 0.151 e. The SMILES string of the molecule is CCC(N)(CO)CCOC(C)O. The van der Waals surface area contributed by atoms with Gasteiger partial charge in [0.25, 0.3) is 0 Å². The zero-order valence-electron chi connectivity index (χ0n) is 7.79. The Morgan fingerprint density at radius 1 is 1.58 bits per heavy atom. The first-order valence-electron chi connectivity index (χ1n) is 4.23. The summed E-state index contributed by atoms with van der Waals surface area (Å²) in [5, 5.41) is 17.7. The zero-order chi connectivity index (χ0) is 9.61. The summed E-state index contributed by atoms with van der Waals surface area (Å²) in [6.07, 6.45) is 0.502. The third kappa shape index (κ3) is 4.66. The zero-order valence-corrected chi connectivity index (χ0v) is 7.79. The Hall–Kier alpha value is -0.160. The van der Waals surface area contributed by atoms with Gasteiger partial charge in [-0.15, -0.1) is 0 Å². The molecule has 0 aliphatic rings. The molecular formula is C8H19NO3. The Labute approximate surface area is 73.3 Å². The van der Waals surface area contributed by atoms with Crippen LogP contribution >= 0.6 is 0 Å². The minimum atomic E-state index is -0.759. The molecule has 0 bridgehead atoms. The molecule has 0 radical (unpaired) electrons. The van der Waals surface area contributed by atoms with Crippen LogP contribution in [0, 0.1) is 0 Å². The van der Waals surface area contributed by atoms with Crippen molar-refractivity contribution < 1.29 is 14.9 Å². The standard InChI is InChI=1S/C8H19NO3/c1-3-8(9,6-10)4-5-12-7(2)11/h7,10-11H,3-6,9H2,1-2H3. The predicted molar refractivity (Wildman–Crippen MR) is 46.5 cm³/mol. The van der Waals surface area contributed by atoms with Gasteiger partial charge in [-0.2, -0.15) is 0 Å². The van der Waals surface area contributed by atoms with Crippen molar-refractivity contribution >= 4 is 0 Å². The molecule has 0 heterocycles. The maximum atomic E-state index is 8.91. The summed E-state index contributed by atoms with van der Waals surface area (Å²) in [5.74, 6) is 0. The number of ether oxygens (including phenoxy) is 1. The largest absolute Gasteiger partial charge is 0.394 e. The summed E-state index contributed by atoms with van der Waals surface area (Å²) in [5.41, 5.74) is 5.21. The van der Waals surface area contributed by atoms with E-state index in [0.717, 1.165) is 0 Å². The molecule has 0 saturated heterocycles. The van der Waals surface area contributed by atoms with Crippen LogP contribution < -0.4 is 5.73 Å². The highest BCUT2D eigenvalue weighted by Crippen LogP contribution is 2.10. The fourth-order valence-electron chi connectivity index (χ4n) is 0.800. The van der Waals surface area contributed by atoms with Crippen molar-refractivity contribution in [1.82, 2.24) is 0 Å². The molecule has 0 aromatic rings. The summed E-state index contributed by atoms with van der Waals surface area (Å²) >= 11 is 0. The molecule has 0 saturated carbocycles. The molecule has 4 heteroatoms. The van der Waals surface area contributed by atoms with E-state index in [-0.39, 0.29) is 6.61 Å². The Morgan fingerprint density at radius 3 is 2.50 bits per heavy atom. The van der Waals surface area contributed by atoms with Crippen LogP contribution in [0.5, 0.6) is 0 Å². The second-order valence-corrected chi connectivity index (χ2v) is 3.09. The second-order valence-electron chi connectivity index (χ2n) is 3.09. The van der Waals surface area contributed by atoms with Crippen LogP contribution in [-0.4, -0.2) is 35.3 Å². The van der Waals surface area contributed by atoms with Crippen LogP contribution in [0.4, 0.5) is 0 Å². The number of hydrogen-bond acceptors (Lipinski definition) is 4. The van der Waals surface area contributed by atoms with Gasteiger partial charge in [-0.05, 0) is 19.8 Å². The first-order chi connectivity index (χ1) is 5.54. The van der Waals surface area contributed by atoms with Crippen molar-refractivity contribution in [3.05, 3.63) is 0 Å². The number of hydrogen-bond donors (Lipinski definition) is 3. The first kappa shape index (κ1) is 11.8. The smallest absolute Gasteiger partial charge is 0.151 e. The number of nitrogens with two attached hydrogens (primary N) is 1. The molecule has 0 rings (SSSR count). The number of rotatable bonds is 6. The Balaban J connectivity index is 3.58. The fourth-order valence-corrected chi connectivity index (χ4v) is 0.800. The quantitative estimate of drug-likeness (QED) is 0.492. The second kappa shape index (κ2) is 5.48. The van der Waals surface area contributed by atoms with E-state index in [0.29, 0.717) is 19.4 Å². The highest BCUT2D eigenvalue weighted by Gasteiger charge is 2.21. The lowest BCUT2D eigenvalue weighted by Crippen LogP contribution is -2.44. The van der Waals surface area contributed by atoms with Crippen molar-refractivity contribution in [2.45, 2.75) is 38.5 Å². The summed E-state index contributed by atoms with van der Waals surface area (Å²) in [7, 11) is 0. The van der Waals surface area contributed by atoms with Crippen molar-refractivity contribution in [2.24, 2.45) is 5.73 Å². The number of aliphatic hydroxyl groups excluding tert-OH is 2. The minimum Gasteiger partial charge on any atom is -0.394 e. The van der Waals surface area contributed by atoms with Crippen molar-refractivity contribution in [3.63, 3.8) is 0 Å². The van der Waals surface area contributed by atoms with E-state index < -0.39 is 11.8 Å². The van der Waals surface area contributed by atoms with E-state index in [1.807, 2.05) is 6.92 Å². The van der Waals surface area contributed by atoms with Gasteiger partial charge in [-0.3, -0.25) is 0 Å². The summed E-state index contributed by atoms with van der Waals surface area (Å²) in [6.45, 7) is 3.79. The monoisotopic (exact) mass is 177 g/mol. The van der Waals surface area contributed by atoms with E-state index >= 15 is 0 Å². The van der Waals surface area contributed by atoms with E-state index in [2.05, 4.69) is 0 Å². The van der Waals surface area contributed by atoms with Crippen molar-refractivity contribution in [1.29, 1.82) is 0 Å². The van der Waals surface area contributed by atoms with Gasteiger partial charge in [0.05, 0.1) is 13.2 Å². The van der Waals surface area contributed by atoms with Gasteiger partial charge >= 0.3 is 0 Å². The molecule has 2 atom stereocenters. The van der Waals surface area contributed by atoms with E-state index in [9.17, 15) is 0 Å². The normalized spacial score (nSPS) is 18.8. The molecule has 2 unspecified atom stereocenters. The lowest BCUT2D eigenvalue weighted by molar-refractivity contribution is -0.0905. The summed E-state index contributed by atoms with van der Waals surface area (Å²) < 4.78 is 4.91. The summed E-state index contributed by atoms with van der Waals surface area (Å²) in [6, 6.07) is 0. The van der Waals surface area contributed by atoms with Crippen molar-refractivity contribution in [3.8, 4) is 0 Å². The third-order valence-electron chi connectivity index (χ3n) is 1.98. The maximum absolute atomic E-state index is 8.91. The summed E-state index contributed by atoms with van der Waals surface area (Å²) in [4.78, 5) is 0. The first-order valence-corrected chi connectivity index (χ1v) is 4.23. The lowest BCUT2D eigenvalue weighted by Gasteiger charge is -2.25. The van der Waals surface area contributed by atoms with Gasteiger partial charge in [-0.1, -0.05) is 6.92 Å². The number of aliphatic hydroxyl groups is 2. The van der Waals surface area contributed by atoms with Gasteiger partial charge in [-0.25, -0.2) is 0 Å². The molecule has 0 aliphatic carbocycles. The van der Waals surface area contributed by atoms with E-state index in [4.69, 9.17) is 20.7 Å². The van der Waals surface area contributed by atoms with E-state index in [1.165, 1.54) is 0 Å². The van der Waals surface area contributed by atoms with Gasteiger partial charge in [0.2, 0.25) is 0 Å². The highest BCUT2D eigenvalue weighted by molar-refractivity contribution is 4.81. The lowest BCUT2D eigenvalue weighted by atomic mass is 9.95. The van der Waals surface area contributed by atoms with Crippen molar-refractivity contribution in [2.75, 3.05) is 13.2 Å². The molecule has 0 fully saturated rings. The molecular weight excluding hydrogens is 158 g/mol. The predicted octanol–water partition coefficient (Wildman–Crippen LogP) is -0.169. The molecule has 74 valence electrons. The van der Waals surface area contributed by atoms with Gasteiger partial charge in [0.15, 0.2) is 6.29 Å². The molecule has 12 heavy (non-hydrogen) atoms. The third-order valence-corrected chi connectivity index (χ3v) is 1.98. The molecule has 0 spiro atoms. The average molecular weight is 177 g/mol. The topological polar surface area (TPSA) is 75.7 Å². The van der Waals surface area contributed by atoms with Crippen LogP contribution in [0.15, 0.2) is 0 Å². The Kier molecular flexibility index (Phi) is 5.41. The average Bonchev–Trinajstić information content (AvgIpc) is 2.03. The minimum absolute atomic E-state index is 0.0489. The Morgan fingerprint density at radius 2 is 2.17 bits per heavy atom. The molecule has 0 amide bonds. The molecule has 0 aromatic heterocycles. The van der Waals surface area contributed by atoms with Gasteiger partial charge < -0.3 is 20.7 Å². The van der Waals surface area contributed by atoms with Crippen LogP contribution in [0.3, 0.4) is 0 Å². The molecule has 0 aliphatic heterocycles. The molecule has 0 aromatic carbocycles. The fraction of sp³-hybridized carbons (Fsp3) is 1.00. The van der Waals surface area contributed by atoms with Crippen LogP contribution in [-0.2, 0) is 4.74 Å². The van der Waals surface area contributed by atoms with Crippen LogP contribution in [0.1, 0.15) is 26.7 Å². The highest BCUT2D eigenvalue weighted by atomic mass is 16.6. The van der Waals surface area contributed by atoms with Gasteiger partial charge in [0, 0.05) is 5.54 Å². The van der Waals surface area contributed by atoms with Crippen LogP contribution in [0.25, 0.3) is 0 Å². The van der Waals surface area contributed by atoms with E-state index in [1.54, 1.807) is 6.92 Å².